The molecule has 0 spiro atoms. The number of nitrogens with two attached hydrogens (primary N) is 1. The topological polar surface area (TPSA) is 92.4 Å². The van der Waals surface area contributed by atoms with Crippen molar-refractivity contribution >= 4 is 11.9 Å². The predicted molar refractivity (Wildman–Crippen MR) is 64.4 cm³/mol. The Morgan fingerprint density at radius 3 is 2.59 bits per heavy atom. The SMILES string of the molecule is CC(N)CC(=O)NC1CCCCCC1C(=O)O. The number of rotatable bonds is 4. The van der Waals surface area contributed by atoms with Gasteiger partial charge in [-0.3, -0.25) is 9.59 Å². The molecule has 5 heteroatoms. The van der Waals surface area contributed by atoms with Crippen molar-refractivity contribution in [1.82, 2.24) is 5.32 Å². The lowest BCUT2D eigenvalue weighted by atomic mass is 9.94. The smallest absolute Gasteiger partial charge is 0.308 e. The van der Waals surface area contributed by atoms with E-state index < -0.39 is 11.9 Å². The van der Waals surface area contributed by atoms with E-state index in [2.05, 4.69) is 5.32 Å². The Hall–Kier alpha value is -1.10. The summed E-state index contributed by atoms with van der Waals surface area (Å²) >= 11 is 0. The van der Waals surface area contributed by atoms with E-state index >= 15 is 0 Å². The number of hydrogen-bond acceptors (Lipinski definition) is 3. The molecule has 1 rings (SSSR count). The highest BCUT2D eigenvalue weighted by molar-refractivity contribution is 5.78. The van der Waals surface area contributed by atoms with Gasteiger partial charge in [0.1, 0.15) is 0 Å². The summed E-state index contributed by atoms with van der Waals surface area (Å²) < 4.78 is 0. The van der Waals surface area contributed by atoms with E-state index in [1.165, 1.54) is 0 Å². The van der Waals surface area contributed by atoms with Crippen LogP contribution < -0.4 is 11.1 Å². The number of carbonyl (C=O) groups is 2. The lowest BCUT2D eigenvalue weighted by molar-refractivity contribution is -0.143. The minimum atomic E-state index is -0.807. The van der Waals surface area contributed by atoms with E-state index in [-0.39, 0.29) is 24.4 Å². The fourth-order valence-electron chi connectivity index (χ4n) is 2.33. The fourth-order valence-corrected chi connectivity index (χ4v) is 2.33. The van der Waals surface area contributed by atoms with Crippen LogP contribution in [-0.4, -0.2) is 29.1 Å². The summed E-state index contributed by atoms with van der Waals surface area (Å²) in [5.41, 5.74) is 5.55. The van der Waals surface area contributed by atoms with Gasteiger partial charge in [-0.1, -0.05) is 19.3 Å². The molecule has 0 aromatic rings. The van der Waals surface area contributed by atoms with Crippen LogP contribution in [0.25, 0.3) is 0 Å². The number of carboxylic acid groups (broad SMARTS) is 1. The molecule has 1 fully saturated rings. The van der Waals surface area contributed by atoms with Crippen LogP contribution in [0.15, 0.2) is 0 Å². The van der Waals surface area contributed by atoms with E-state index in [4.69, 9.17) is 10.8 Å². The van der Waals surface area contributed by atoms with Gasteiger partial charge in [-0.05, 0) is 19.8 Å². The molecule has 1 aliphatic rings. The maximum Gasteiger partial charge on any atom is 0.308 e. The molecule has 1 saturated carbocycles. The van der Waals surface area contributed by atoms with Gasteiger partial charge in [0.15, 0.2) is 0 Å². The quantitative estimate of drug-likeness (QED) is 0.638. The largest absolute Gasteiger partial charge is 0.481 e. The van der Waals surface area contributed by atoms with Crippen molar-refractivity contribution in [3.63, 3.8) is 0 Å². The first-order chi connectivity index (χ1) is 8.00. The van der Waals surface area contributed by atoms with Gasteiger partial charge in [0, 0.05) is 18.5 Å². The van der Waals surface area contributed by atoms with Gasteiger partial charge in [-0.25, -0.2) is 0 Å². The molecular formula is C12H22N2O3. The first-order valence-electron chi connectivity index (χ1n) is 6.28. The number of nitrogens with one attached hydrogen (secondary N) is 1. The average Bonchev–Trinajstić information content (AvgIpc) is 2.41. The minimum Gasteiger partial charge on any atom is -0.481 e. The first-order valence-corrected chi connectivity index (χ1v) is 6.28. The molecule has 5 nitrogen and oxygen atoms in total. The lowest BCUT2D eigenvalue weighted by Crippen LogP contribution is -2.44. The van der Waals surface area contributed by atoms with Crippen LogP contribution in [0.1, 0.15) is 45.4 Å². The van der Waals surface area contributed by atoms with Crippen LogP contribution in [-0.2, 0) is 9.59 Å². The number of carbonyl (C=O) groups excluding carboxylic acids is 1. The van der Waals surface area contributed by atoms with Crippen molar-refractivity contribution in [3.05, 3.63) is 0 Å². The van der Waals surface area contributed by atoms with E-state index in [1.54, 1.807) is 6.92 Å². The van der Waals surface area contributed by atoms with E-state index in [1.807, 2.05) is 0 Å². The number of amides is 1. The molecule has 3 atom stereocenters. The Labute approximate surface area is 102 Å². The highest BCUT2D eigenvalue weighted by Crippen LogP contribution is 2.23. The molecule has 0 aromatic heterocycles. The normalized spacial score (nSPS) is 26.9. The zero-order chi connectivity index (χ0) is 12.8. The van der Waals surface area contributed by atoms with Gasteiger partial charge < -0.3 is 16.2 Å². The second kappa shape index (κ2) is 6.59. The van der Waals surface area contributed by atoms with Crippen molar-refractivity contribution in [2.24, 2.45) is 11.7 Å². The maximum atomic E-state index is 11.6. The van der Waals surface area contributed by atoms with Crippen molar-refractivity contribution < 1.29 is 14.7 Å². The Bertz CT molecular complexity index is 279. The van der Waals surface area contributed by atoms with Gasteiger partial charge in [-0.15, -0.1) is 0 Å². The Balaban J connectivity index is 2.57. The standard InChI is InChI=1S/C12H22N2O3/c1-8(13)7-11(15)14-10-6-4-2-3-5-9(10)12(16)17/h8-10H,2-7,13H2,1H3,(H,14,15)(H,16,17). The van der Waals surface area contributed by atoms with Crippen LogP contribution in [0.5, 0.6) is 0 Å². The second-order valence-corrected chi connectivity index (χ2v) is 4.94. The Kier molecular flexibility index (Phi) is 5.41. The monoisotopic (exact) mass is 242 g/mol. The summed E-state index contributed by atoms with van der Waals surface area (Å²) in [7, 11) is 0. The zero-order valence-corrected chi connectivity index (χ0v) is 10.3. The number of aliphatic carboxylic acids is 1. The van der Waals surface area contributed by atoms with Crippen molar-refractivity contribution in [1.29, 1.82) is 0 Å². The lowest BCUT2D eigenvalue weighted by Gasteiger charge is -2.23. The van der Waals surface area contributed by atoms with Crippen LogP contribution in [0.2, 0.25) is 0 Å². The van der Waals surface area contributed by atoms with Gasteiger partial charge in [-0.2, -0.15) is 0 Å². The van der Waals surface area contributed by atoms with Gasteiger partial charge in [0.25, 0.3) is 0 Å². The van der Waals surface area contributed by atoms with Gasteiger partial charge >= 0.3 is 5.97 Å². The molecule has 0 saturated heterocycles. The molecule has 3 unspecified atom stereocenters. The summed E-state index contributed by atoms with van der Waals surface area (Å²) in [5.74, 6) is -1.40. The Morgan fingerprint density at radius 2 is 2.00 bits per heavy atom. The Morgan fingerprint density at radius 1 is 1.35 bits per heavy atom. The van der Waals surface area contributed by atoms with Crippen LogP contribution >= 0.6 is 0 Å². The van der Waals surface area contributed by atoms with Crippen LogP contribution in [0.4, 0.5) is 0 Å². The summed E-state index contributed by atoms with van der Waals surface area (Å²) in [6.07, 6.45) is 4.61. The summed E-state index contributed by atoms with van der Waals surface area (Å²) in [4.78, 5) is 22.8. The first kappa shape index (κ1) is 14.0. The van der Waals surface area contributed by atoms with E-state index in [0.29, 0.717) is 6.42 Å². The van der Waals surface area contributed by atoms with E-state index in [9.17, 15) is 9.59 Å². The minimum absolute atomic E-state index is 0.141. The third-order valence-corrected chi connectivity index (χ3v) is 3.19. The predicted octanol–water partition coefficient (Wildman–Crippen LogP) is 0.873. The van der Waals surface area contributed by atoms with E-state index in [0.717, 1.165) is 25.7 Å². The molecule has 1 amide bonds. The highest BCUT2D eigenvalue weighted by Gasteiger charge is 2.30. The molecule has 0 heterocycles. The highest BCUT2D eigenvalue weighted by atomic mass is 16.4. The van der Waals surface area contributed by atoms with Crippen LogP contribution in [0, 0.1) is 5.92 Å². The number of carboxylic acids is 1. The summed E-state index contributed by atoms with van der Waals surface area (Å²) in [6, 6.07) is -0.426. The molecule has 0 aromatic carbocycles. The number of hydrogen-bond donors (Lipinski definition) is 3. The van der Waals surface area contributed by atoms with Crippen molar-refractivity contribution in [3.8, 4) is 0 Å². The molecular weight excluding hydrogens is 220 g/mol. The molecule has 98 valence electrons. The maximum absolute atomic E-state index is 11.6. The average molecular weight is 242 g/mol. The fraction of sp³-hybridized carbons (Fsp3) is 0.833. The molecule has 0 bridgehead atoms. The summed E-state index contributed by atoms with van der Waals surface area (Å²) in [6.45, 7) is 1.77. The van der Waals surface area contributed by atoms with Crippen molar-refractivity contribution in [2.45, 2.75) is 57.5 Å². The summed E-state index contributed by atoms with van der Waals surface area (Å²) in [5, 5.41) is 12.0. The second-order valence-electron chi connectivity index (χ2n) is 4.94. The molecule has 0 radical (unpaired) electrons. The zero-order valence-electron chi connectivity index (χ0n) is 10.3. The third kappa shape index (κ3) is 4.73. The van der Waals surface area contributed by atoms with Crippen molar-refractivity contribution in [2.75, 3.05) is 0 Å². The van der Waals surface area contributed by atoms with Crippen LogP contribution in [0.3, 0.4) is 0 Å². The third-order valence-electron chi connectivity index (χ3n) is 3.19. The van der Waals surface area contributed by atoms with Gasteiger partial charge in [0.05, 0.1) is 5.92 Å². The molecule has 17 heavy (non-hydrogen) atoms. The van der Waals surface area contributed by atoms with Gasteiger partial charge in [0.2, 0.25) is 5.91 Å². The molecule has 4 N–H and O–H groups in total. The molecule has 1 aliphatic carbocycles. The molecule has 0 aliphatic heterocycles.